The Morgan fingerprint density at radius 1 is 1.24 bits per heavy atom. The summed E-state index contributed by atoms with van der Waals surface area (Å²) in [4.78, 5) is 16.2. The number of rotatable bonds is 2. The highest BCUT2D eigenvalue weighted by molar-refractivity contribution is 5.69. The molecule has 1 saturated carbocycles. The molecule has 2 aromatic rings. The summed E-state index contributed by atoms with van der Waals surface area (Å²) in [7, 11) is 1.57. The van der Waals surface area contributed by atoms with E-state index in [1.54, 1.807) is 13.3 Å². The molecule has 3 rings (SSSR count). The van der Waals surface area contributed by atoms with Gasteiger partial charge in [-0.25, -0.2) is 9.97 Å². The summed E-state index contributed by atoms with van der Waals surface area (Å²) in [5.74, 6) is 1.62. The third-order valence-corrected chi connectivity index (χ3v) is 3.41. The number of hydrogen-bond acceptors (Lipinski definition) is 4. The minimum absolute atomic E-state index is 0.374. The topological polar surface area (TPSA) is 63.7 Å². The summed E-state index contributed by atoms with van der Waals surface area (Å²) in [6, 6.07) is 0.374. The number of hydrogen-bond donors (Lipinski definition) is 1. The standard InChI is InChI=1S/C12H16N4O/c1-17-12-13-7-9-11(16-12)15-10(14-9)8-5-3-2-4-6-8/h7-8H,2-6H2,1H3,(H,13,14,15,16). The van der Waals surface area contributed by atoms with Crippen molar-refractivity contribution in [2.24, 2.45) is 0 Å². The molecule has 1 N–H and O–H groups in total. The zero-order valence-electron chi connectivity index (χ0n) is 9.94. The smallest absolute Gasteiger partial charge is 0.318 e. The Kier molecular flexibility index (Phi) is 2.66. The molecule has 1 aliphatic carbocycles. The van der Waals surface area contributed by atoms with Crippen molar-refractivity contribution in [2.45, 2.75) is 38.0 Å². The van der Waals surface area contributed by atoms with Gasteiger partial charge in [0.15, 0.2) is 5.65 Å². The Hall–Kier alpha value is -1.65. The Labute approximate surface area is 99.6 Å². The number of nitrogens with zero attached hydrogens (tertiary/aromatic N) is 3. The molecular formula is C12H16N4O. The molecular weight excluding hydrogens is 216 g/mol. The number of imidazole rings is 1. The Morgan fingerprint density at radius 2 is 2.06 bits per heavy atom. The quantitative estimate of drug-likeness (QED) is 0.863. The largest absolute Gasteiger partial charge is 0.467 e. The molecule has 0 unspecified atom stereocenters. The molecule has 2 aromatic heterocycles. The maximum absolute atomic E-state index is 5.00. The Morgan fingerprint density at radius 3 is 2.82 bits per heavy atom. The zero-order chi connectivity index (χ0) is 11.7. The van der Waals surface area contributed by atoms with Gasteiger partial charge in [-0.3, -0.25) is 0 Å². The predicted molar refractivity (Wildman–Crippen MR) is 64.1 cm³/mol. The molecule has 0 aromatic carbocycles. The van der Waals surface area contributed by atoms with Crippen LogP contribution in [-0.2, 0) is 0 Å². The van der Waals surface area contributed by atoms with Crippen LogP contribution in [0.25, 0.3) is 11.2 Å². The van der Waals surface area contributed by atoms with Crippen molar-refractivity contribution in [3.8, 4) is 6.01 Å². The van der Waals surface area contributed by atoms with E-state index in [1.165, 1.54) is 32.1 Å². The molecule has 1 aliphatic rings. The van der Waals surface area contributed by atoms with Crippen molar-refractivity contribution in [3.05, 3.63) is 12.0 Å². The van der Waals surface area contributed by atoms with Crippen molar-refractivity contribution in [3.63, 3.8) is 0 Å². The molecule has 0 atom stereocenters. The van der Waals surface area contributed by atoms with Gasteiger partial charge in [-0.1, -0.05) is 19.3 Å². The molecule has 0 aliphatic heterocycles. The Balaban J connectivity index is 1.95. The third kappa shape index (κ3) is 1.97. The molecule has 17 heavy (non-hydrogen) atoms. The lowest BCUT2D eigenvalue weighted by Gasteiger charge is -2.18. The van der Waals surface area contributed by atoms with Crippen molar-refractivity contribution in [1.29, 1.82) is 0 Å². The van der Waals surface area contributed by atoms with Gasteiger partial charge in [-0.15, -0.1) is 0 Å². The van der Waals surface area contributed by atoms with E-state index in [4.69, 9.17) is 4.74 Å². The highest BCUT2D eigenvalue weighted by Gasteiger charge is 2.19. The molecule has 5 heteroatoms. The van der Waals surface area contributed by atoms with Crippen LogP contribution in [0.1, 0.15) is 43.8 Å². The van der Waals surface area contributed by atoms with Gasteiger partial charge in [0.05, 0.1) is 13.3 Å². The maximum Gasteiger partial charge on any atom is 0.318 e. The minimum atomic E-state index is 0.374. The van der Waals surface area contributed by atoms with Crippen LogP contribution in [0.2, 0.25) is 0 Å². The van der Waals surface area contributed by atoms with Crippen LogP contribution in [0.15, 0.2) is 6.20 Å². The van der Waals surface area contributed by atoms with Crippen molar-refractivity contribution in [2.75, 3.05) is 7.11 Å². The van der Waals surface area contributed by atoms with Crippen LogP contribution in [0.3, 0.4) is 0 Å². The number of nitrogens with one attached hydrogen (secondary N) is 1. The fraction of sp³-hybridized carbons (Fsp3) is 0.583. The van der Waals surface area contributed by atoms with Gasteiger partial charge >= 0.3 is 6.01 Å². The van der Waals surface area contributed by atoms with Crippen molar-refractivity contribution >= 4 is 11.2 Å². The first-order valence-electron chi connectivity index (χ1n) is 6.13. The van der Waals surface area contributed by atoms with E-state index < -0.39 is 0 Å². The van der Waals surface area contributed by atoms with E-state index >= 15 is 0 Å². The molecule has 5 nitrogen and oxygen atoms in total. The van der Waals surface area contributed by atoms with Crippen LogP contribution in [0.5, 0.6) is 6.01 Å². The normalized spacial score (nSPS) is 17.5. The third-order valence-electron chi connectivity index (χ3n) is 3.41. The highest BCUT2D eigenvalue weighted by Crippen LogP contribution is 2.31. The molecule has 2 heterocycles. The highest BCUT2D eigenvalue weighted by atomic mass is 16.5. The summed E-state index contributed by atoms with van der Waals surface area (Å²) in [6.07, 6.45) is 8.15. The number of H-pyrrole nitrogens is 1. The summed E-state index contributed by atoms with van der Waals surface area (Å²) >= 11 is 0. The fourth-order valence-corrected chi connectivity index (χ4v) is 2.48. The van der Waals surface area contributed by atoms with Crippen LogP contribution >= 0.6 is 0 Å². The lowest BCUT2D eigenvalue weighted by Crippen LogP contribution is -2.05. The number of aromatic nitrogens is 4. The van der Waals surface area contributed by atoms with Crippen LogP contribution < -0.4 is 4.74 Å². The fourth-order valence-electron chi connectivity index (χ4n) is 2.48. The van der Waals surface area contributed by atoms with Gasteiger partial charge in [-0.05, 0) is 12.8 Å². The van der Waals surface area contributed by atoms with E-state index in [1.807, 2.05) is 0 Å². The summed E-state index contributed by atoms with van der Waals surface area (Å²) in [5, 5.41) is 0. The summed E-state index contributed by atoms with van der Waals surface area (Å²) in [6.45, 7) is 0. The monoisotopic (exact) mass is 232 g/mol. The van der Waals surface area contributed by atoms with E-state index in [9.17, 15) is 0 Å². The minimum Gasteiger partial charge on any atom is -0.467 e. The van der Waals surface area contributed by atoms with E-state index in [0.717, 1.165) is 11.3 Å². The van der Waals surface area contributed by atoms with Gasteiger partial charge in [0.2, 0.25) is 0 Å². The second kappa shape index (κ2) is 4.31. The number of methoxy groups -OCH3 is 1. The number of fused-ring (bicyclic) bond motifs is 1. The SMILES string of the molecule is COc1ncc2[nH]c(C3CCCCC3)nc2n1. The zero-order valence-corrected chi connectivity index (χ0v) is 9.94. The molecule has 0 amide bonds. The molecule has 0 bridgehead atoms. The van der Waals surface area contributed by atoms with E-state index in [2.05, 4.69) is 19.9 Å². The lowest BCUT2D eigenvalue weighted by atomic mass is 9.89. The van der Waals surface area contributed by atoms with E-state index in [0.29, 0.717) is 17.6 Å². The summed E-state index contributed by atoms with van der Waals surface area (Å²) < 4.78 is 5.00. The second-order valence-corrected chi connectivity index (χ2v) is 4.55. The van der Waals surface area contributed by atoms with Crippen LogP contribution in [-0.4, -0.2) is 27.0 Å². The predicted octanol–water partition coefficient (Wildman–Crippen LogP) is 2.41. The second-order valence-electron chi connectivity index (χ2n) is 4.55. The molecule has 1 fully saturated rings. The Bertz CT molecular complexity index is 516. The summed E-state index contributed by atoms with van der Waals surface area (Å²) in [5.41, 5.74) is 1.60. The molecule has 90 valence electrons. The lowest BCUT2D eigenvalue weighted by molar-refractivity contribution is 0.381. The van der Waals surface area contributed by atoms with Crippen LogP contribution in [0, 0.1) is 0 Å². The first-order chi connectivity index (χ1) is 8.36. The van der Waals surface area contributed by atoms with Gasteiger partial charge in [0.1, 0.15) is 11.3 Å². The van der Waals surface area contributed by atoms with Crippen LogP contribution in [0.4, 0.5) is 0 Å². The first kappa shape index (κ1) is 10.5. The van der Waals surface area contributed by atoms with Gasteiger partial charge in [0, 0.05) is 5.92 Å². The number of aromatic amines is 1. The average Bonchev–Trinajstić information content (AvgIpc) is 2.82. The molecule has 0 spiro atoms. The van der Waals surface area contributed by atoms with Crippen molar-refractivity contribution in [1.82, 2.24) is 19.9 Å². The molecule has 0 radical (unpaired) electrons. The first-order valence-corrected chi connectivity index (χ1v) is 6.13. The van der Waals surface area contributed by atoms with Crippen molar-refractivity contribution < 1.29 is 4.74 Å². The molecule has 0 saturated heterocycles. The average molecular weight is 232 g/mol. The van der Waals surface area contributed by atoms with Gasteiger partial charge in [0.25, 0.3) is 0 Å². The number of ether oxygens (including phenoxy) is 1. The van der Waals surface area contributed by atoms with Gasteiger partial charge in [-0.2, -0.15) is 4.98 Å². The maximum atomic E-state index is 5.00. The van der Waals surface area contributed by atoms with E-state index in [-0.39, 0.29) is 0 Å². The van der Waals surface area contributed by atoms with Gasteiger partial charge < -0.3 is 9.72 Å².